The van der Waals surface area contributed by atoms with Gasteiger partial charge in [-0.05, 0) is 17.7 Å². The molecule has 0 bridgehead atoms. The van der Waals surface area contributed by atoms with E-state index in [9.17, 15) is 13.2 Å². The molecule has 15 heavy (non-hydrogen) atoms. The zero-order valence-corrected chi connectivity index (χ0v) is 8.04. The average molecular weight is 220 g/mol. The van der Waals surface area contributed by atoms with Gasteiger partial charge in [0, 0.05) is 12.5 Å². The topological polar surface area (TPSA) is 40.5 Å². The van der Waals surface area contributed by atoms with Gasteiger partial charge in [0.2, 0.25) is 0 Å². The van der Waals surface area contributed by atoms with Gasteiger partial charge >= 0.3 is 6.18 Å². The lowest BCUT2D eigenvalue weighted by Gasteiger charge is -2.16. The third-order valence-electron chi connectivity index (χ3n) is 2.15. The van der Waals surface area contributed by atoms with Crippen molar-refractivity contribution in [2.45, 2.75) is 19.0 Å². The van der Waals surface area contributed by atoms with Crippen LogP contribution in [-0.4, -0.2) is 16.8 Å². The normalized spacial score (nSPS) is 13.9. The molecule has 2 N–H and O–H groups in total. The Morgan fingerprint density at radius 1 is 1.33 bits per heavy atom. The molecular formula is C10H11F3O2. The molecule has 0 spiro atoms. The minimum atomic E-state index is -4.52. The lowest BCUT2D eigenvalue weighted by molar-refractivity contribution is -0.138. The summed E-state index contributed by atoms with van der Waals surface area (Å²) in [5, 5.41) is 17.8. The molecule has 1 aromatic carbocycles. The first-order valence-corrected chi connectivity index (χ1v) is 4.37. The SMILES string of the molecule is CC(CO)c1ccc(O)cc1C(F)(F)F. The Morgan fingerprint density at radius 3 is 2.40 bits per heavy atom. The number of phenolic OH excluding ortho intramolecular Hbond substituents is 1. The van der Waals surface area contributed by atoms with Gasteiger partial charge < -0.3 is 10.2 Å². The molecule has 1 unspecified atom stereocenters. The molecule has 0 saturated heterocycles. The first-order valence-electron chi connectivity index (χ1n) is 4.37. The fourth-order valence-corrected chi connectivity index (χ4v) is 1.32. The van der Waals surface area contributed by atoms with Crippen LogP contribution in [0.3, 0.4) is 0 Å². The Kier molecular flexibility index (Phi) is 3.24. The third kappa shape index (κ3) is 2.62. The van der Waals surface area contributed by atoms with E-state index in [0.717, 1.165) is 0 Å². The van der Waals surface area contributed by atoms with Gasteiger partial charge in [0.25, 0.3) is 0 Å². The summed E-state index contributed by atoms with van der Waals surface area (Å²) in [5.41, 5.74) is -0.910. The van der Waals surface area contributed by atoms with Crippen LogP contribution >= 0.6 is 0 Å². The lowest BCUT2D eigenvalue weighted by atomic mass is 9.96. The number of benzene rings is 1. The highest BCUT2D eigenvalue weighted by Crippen LogP contribution is 2.36. The van der Waals surface area contributed by atoms with Crippen LogP contribution in [0, 0.1) is 0 Å². The van der Waals surface area contributed by atoms with E-state index in [0.29, 0.717) is 6.07 Å². The fraction of sp³-hybridized carbons (Fsp3) is 0.400. The number of rotatable bonds is 2. The van der Waals surface area contributed by atoms with E-state index in [1.54, 1.807) is 0 Å². The van der Waals surface area contributed by atoms with Crippen LogP contribution in [0.2, 0.25) is 0 Å². The van der Waals surface area contributed by atoms with Gasteiger partial charge in [-0.15, -0.1) is 0 Å². The summed E-state index contributed by atoms with van der Waals surface area (Å²) in [6.07, 6.45) is -4.52. The number of hydrogen-bond acceptors (Lipinski definition) is 2. The molecule has 2 nitrogen and oxygen atoms in total. The Hall–Kier alpha value is -1.23. The standard InChI is InChI=1S/C10H11F3O2/c1-6(5-14)8-3-2-7(15)4-9(8)10(11,12)13/h2-4,6,14-15H,5H2,1H3. The minimum absolute atomic E-state index is 0.0113. The van der Waals surface area contributed by atoms with Gasteiger partial charge in [0.05, 0.1) is 5.56 Å². The molecule has 0 saturated carbocycles. The molecule has 0 aliphatic rings. The second-order valence-corrected chi connectivity index (χ2v) is 3.35. The Morgan fingerprint density at radius 2 is 1.93 bits per heavy atom. The molecule has 84 valence electrons. The van der Waals surface area contributed by atoms with E-state index in [2.05, 4.69) is 0 Å². The molecular weight excluding hydrogens is 209 g/mol. The summed E-state index contributed by atoms with van der Waals surface area (Å²) in [7, 11) is 0. The Balaban J connectivity index is 3.27. The van der Waals surface area contributed by atoms with Crippen molar-refractivity contribution >= 4 is 0 Å². The maximum Gasteiger partial charge on any atom is 0.416 e. The van der Waals surface area contributed by atoms with Crippen molar-refractivity contribution in [3.8, 4) is 5.75 Å². The summed E-state index contributed by atoms with van der Waals surface area (Å²) in [6.45, 7) is 1.12. The highest BCUT2D eigenvalue weighted by atomic mass is 19.4. The maximum atomic E-state index is 12.5. The second-order valence-electron chi connectivity index (χ2n) is 3.35. The molecule has 0 amide bonds. The minimum Gasteiger partial charge on any atom is -0.508 e. The molecule has 0 fully saturated rings. The number of aromatic hydroxyl groups is 1. The van der Waals surface area contributed by atoms with Crippen molar-refractivity contribution in [2.75, 3.05) is 6.61 Å². The largest absolute Gasteiger partial charge is 0.508 e. The quantitative estimate of drug-likeness (QED) is 0.803. The first-order chi connectivity index (χ1) is 6.86. The Labute approximate surface area is 85.0 Å². The number of alkyl halides is 3. The lowest BCUT2D eigenvalue weighted by Crippen LogP contribution is -2.12. The first kappa shape index (κ1) is 11.8. The molecule has 0 radical (unpaired) electrons. The van der Waals surface area contributed by atoms with Gasteiger partial charge in [-0.3, -0.25) is 0 Å². The monoisotopic (exact) mass is 220 g/mol. The van der Waals surface area contributed by atoms with Gasteiger partial charge in [-0.2, -0.15) is 13.2 Å². The highest BCUT2D eigenvalue weighted by Gasteiger charge is 2.34. The van der Waals surface area contributed by atoms with Crippen molar-refractivity contribution < 1.29 is 23.4 Å². The van der Waals surface area contributed by atoms with Gasteiger partial charge in [-0.25, -0.2) is 0 Å². The van der Waals surface area contributed by atoms with Crippen LogP contribution in [-0.2, 0) is 6.18 Å². The summed E-state index contributed by atoms with van der Waals surface area (Å²) in [5.74, 6) is -1.04. The van der Waals surface area contributed by atoms with Crippen LogP contribution < -0.4 is 0 Å². The van der Waals surface area contributed by atoms with Crippen molar-refractivity contribution in [1.29, 1.82) is 0 Å². The van der Waals surface area contributed by atoms with E-state index < -0.39 is 23.4 Å². The summed E-state index contributed by atoms with van der Waals surface area (Å²) >= 11 is 0. The van der Waals surface area contributed by atoms with Crippen LogP contribution in [0.25, 0.3) is 0 Å². The molecule has 5 heteroatoms. The van der Waals surface area contributed by atoms with Crippen molar-refractivity contribution in [3.63, 3.8) is 0 Å². The maximum absolute atomic E-state index is 12.5. The Bertz CT molecular complexity index is 347. The number of hydrogen-bond donors (Lipinski definition) is 2. The van der Waals surface area contributed by atoms with E-state index in [-0.39, 0.29) is 12.2 Å². The summed E-state index contributed by atoms with van der Waals surface area (Å²) in [4.78, 5) is 0. The molecule has 0 aliphatic heterocycles. The van der Waals surface area contributed by atoms with Crippen molar-refractivity contribution in [2.24, 2.45) is 0 Å². The van der Waals surface area contributed by atoms with E-state index >= 15 is 0 Å². The summed E-state index contributed by atoms with van der Waals surface area (Å²) < 4.78 is 37.6. The van der Waals surface area contributed by atoms with Crippen LogP contribution in [0.5, 0.6) is 5.75 Å². The molecule has 0 aliphatic carbocycles. The number of aliphatic hydroxyl groups is 1. The zero-order valence-electron chi connectivity index (χ0n) is 8.04. The average Bonchev–Trinajstić information content (AvgIpc) is 2.15. The second kappa shape index (κ2) is 4.10. The number of halogens is 3. The number of phenols is 1. The third-order valence-corrected chi connectivity index (χ3v) is 2.15. The zero-order chi connectivity index (χ0) is 11.6. The van der Waals surface area contributed by atoms with Crippen LogP contribution in [0.1, 0.15) is 24.0 Å². The molecule has 1 aromatic rings. The van der Waals surface area contributed by atoms with Crippen molar-refractivity contribution in [1.82, 2.24) is 0 Å². The molecule has 1 rings (SSSR count). The highest BCUT2D eigenvalue weighted by molar-refractivity contribution is 5.38. The smallest absolute Gasteiger partial charge is 0.416 e. The molecule has 0 heterocycles. The summed E-state index contributed by atoms with van der Waals surface area (Å²) in [6, 6.07) is 3.03. The number of aliphatic hydroxyl groups excluding tert-OH is 1. The van der Waals surface area contributed by atoms with Gasteiger partial charge in [-0.1, -0.05) is 13.0 Å². The fourth-order valence-electron chi connectivity index (χ4n) is 1.32. The molecule has 1 atom stereocenters. The van der Waals surface area contributed by atoms with E-state index in [4.69, 9.17) is 10.2 Å². The van der Waals surface area contributed by atoms with Gasteiger partial charge in [0.1, 0.15) is 5.75 Å². The predicted octanol–water partition coefficient (Wildman–Crippen LogP) is 2.51. The molecule has 0 aromatic heterocycles. The van der Waals surface area contributed by atoms with Crippen LogP contribution in [0.4, 0.5) is 13.2 Å². The van der Waals surface area contributed by atoms with Crippen LogP contribution in [0.15, 0.2) is 18.2 Å². The van der Waals surface area contributed by atoms with Gasteiger partial charge in [0.15, 0.2) is 0 Å². The van der Waals surface area contributed by atoms with E-state index in [1.165, 1.54) is 19.1 Å². The van der Waals surface area contributed by atoms with E-state index in [1.807, 2.05) is 0 Å². The van der Waals surface area contributed by atoms with Crippen molar-refractivity contribution in [3.05, 3.63) is 29.3 Å². The predicted molar refractivity (Wildman–Crippen MR) is 48.6 cm³/mol.